The Labute approximate surface area is 65.6 Å². The minimum atomic E-state index is -1.07. The van der Waals surface area contributed by atoms with Gasteiger partial charge in [-0.1, -0.05) is 13.8 Å². The third-order valence-corrected chi connectivity index (χ3v) is 1.45. The first-order valence-corrected chi connectivity index (χ1v) is 3.47. The average Bonchev–Trinajstić information content (AvgIpc) is 1.86. The Morgan fingerprint density at radius 2 is 1.91 bits per heavy atom. The molecule has 1 aliphatic heterocycles. The van der Waals surface area contributed by atoms with Crippen LogP contribution in [0.15, 0.2) is 0 Å². The van der Waals surface area contributed by atoms with Gasteiger partial charge in [-0.15, -0.1) is 0 Å². The van der Waals surface area contributed by atoms with Crippen molar-refractivity contribution in [1.29, 1.82) is 0 Å². The normalized spacial score (nSPS) is 23.3. The highest BCUT2D eigenvalue weighted by atomic mass is 16.6. The lowest BCUT2D eigenvalue weighted by Gasteiger charge is -2.31. The molecule has 1 aliphatic rings. The summed E-state index contributed by atoms with van der Waals surface area (Å²) < 4.78 is 9.87. The van der Waals surface area contributed by atoms with Crippen LogP contribution >= 0.6 is 0 Å². The molecule has 0 saturated carbocycles. The molecule has 0 amide bonds. The Morgan fingerprint density at radius 3 is 2.27 bits per heavy atom. The molecule has 0 spiro atoms. The molecular weight excluding hydrogens is 147 g/mol. The van der Waals surface area contributed by atoms with Crippen LogP contribution in [0, 0.1) is 5.41 Å². The predicted octanol–water partition coefficient (Wildman–Crippen LogP) is 0.807. The van der Waals surface area contributed by atoms with Crippen molar-refractivity contribution in [1.82, 2.24) is 0 Å². The molecule has 1 N–H and O–H groups in total. The van der Waals surface area contributed by atoms with Crippen molar-refractivity contribution < 1.29 is 19.2 Å². The van der Waals surface area contributed by atoms with Crippen molar-refractivity contribution in [2.24, 2.45) is 5.41 Å². The van der Waals surface area contributed by atoms with E-state index in [0.717, 1.165) is 0 Å². The molecule has 1 heterocycles. The number of rotatable bonds is 1. The Balaban J connectivity index is 2.42. The molecule has 11 heavy (non-hydrogen) atoms. The second-order valence-electron chi connectivity index (χ2n) is 3.46. The Hall–Kier alpha value is -0.545. The molecule has 1 rings (SSSR count). The molecule has 4 nitrogen and oxygen atoms in total. The lowest BCUT2D eigenvalue weighted by Crippen LogP contribution is -2.44. The maximum Gasteiger partial charge on any atom is 0.584 e. The molecule has 62 valence electrons. The summed E-state index contributed by atoms with van der Waals surface area (Å²) in [6.07, 6.45) is 0. The van der Waals surface area contributed by atoms with E-state index in [4.69, 9.17) is 14.4 Å². The molecule has 0 bridgehead atoms. The highest BCUT2D eigenvalue weighted by Gasteiger charge is 2.37. The summed E-state index contributed by atoms with van der Waals surface area (Å²) in [5, 5.41) is 8.46. The third-order valence-electron chi connectivity index (χ3n) is 1.45. The van der Waals surface area contributed by atoms with Gasteiger partial charge in [-0.05, 0) is 0 Å². The Bertz CT molecular complexity index is 158. The van der Waals surface area contributed by atoms with Gasteiger partial charge in [-0.3, -0.25) is 4.79 Å². The van der Waals surface area contributed by atoms with E-state index >= 15 is 0 Å². The Kier molecular flexibility index (Phi) is 2.20. The number of carboxylic acid groups (broad SMARTS) is 1. The van der Waals surface area contributed by atoms with E-state index in [-0.39, 0.29) is 5.41 Å². The van der Waals surface area contributed by atoms with Crippen LogP contribution in [-0.2, 0) is 9.31 Å². The smallest absolute Gasteiger partial charge is 0.484 e. The van der Waals surface area contributed by atoms with E-state index in [9.17, 15) is 4.79 Å². The lowest BCUT2D eigenvalue weighted by atomic mass is 9.84. The first kappa shape index (κ1) is 8.55. The van der Waals surface area contributed by atoms with E-state index < -0.39 is 13.0 Å². The molecule has 0 aromatic heterocycles. The van der Waals surface area contributed by atoms with Crippen LogP contribution in [-0.4, -0.2) is 31.3 Å². The van der Waals surface area contributed by atoms with Crippen LogP contribution < -0.4 is 0 Å². The molecule has 0 aliphatic carbocycles. The van der Waals surface area contributed by atoms with Crippen molar-refractivity contribution in [3.8, 4) is 0 Å². The van der Waals surface area contributed by atoms with E-state index in [1.807, 2.05) is 13.8 Å². The highest BCUT2D eigenvalue weighted by Crippen LogP contribution is 2.21. The first-order chi connectivity index (χ1) is 5.01. The molecule has 5 heteroatoms. The molecule has 0 unspecified atom stereocenters. The zero-order valence-corrected chi connectivity index (χ0v) is 6.66. The van der Waals surface area contributed by atoms with E-state index in [1.54, 1.807) is 0 Å². The number of carbonyl (C=O) groups is 1. The minimum absolute atomic E-state index is 0.0635. The molecule has 1 saturated heterocycles. The molecule has 1 fully saturated rings. The van der Waals surface area contributed by atoms with Gasteiger partial charge in [0.05, 0.1) is 0 Å². The maximum absolute atomic E-state index is 10.3. The van der Waals surface area contributed by atoms with Gasteiger partial charge in [0.2, 0.25) is 0 Å². The lowest BCUT2D eigenvalue weighted by molar-refractivity contribution is 0.0291. The summed E-state index contributed by atoms with van der Waals surface area (Å²) >= 11 is 0. The van der Waals surface area contributed by atoms with Crippen LogP contribution in [0.3, 0.4) is 0 Å². The van der Waals surface area contributed by atoms with E-state index in [2.05, 4.69) is 0 Å². The zero-order valence-electron chi connectivity index (χ0n) is 6.66. The van der Waals surface area contributed by atoms with Gasteiger partial charge in [-0.2, -0.15) is 0 Å². The second kappa shape index (κ2) is 2.83. The van der Waals surface area contributed by atoms with Crippen LogP contribution in [0.25, 0.3) is 0 Å². The minimum Gasteiger partial charge on any atom is -0.484 e. The Morgan fingerprint density at radius 1 is 1.45 bits per heavy atom. The molecular formula is C6H11BO4. The van der Waals surface area contributed by atoms with Gasteiger partial charge in [0.1, 0.15) is 0 Å². The van der Waals surface area contributed by atoms with Crippen LogP contribution in [0.2, 0.25) is 0 Å². The quantitative estimate of drug-likeness (QED) is 0.573. The third kappa shape index (κ3) is 2.20. The molecule has 0 atom stereocenters. The van der Waals surface area contributed by atoms with E-state index in [1.165, 1.54) is 0 Å². The van der Waals surface area contributed by atoms with Gasteiger partial charge in [0, 0.05) is 18.6 Å². The summed E-state index contributed by atoms with van der Waals surface area (Å²) in [7, 11) is -1.07. The van der Waals surface area contributed by atoms with Crippen molar-refractivity contribution in [3.05, 3.63) is 0 Å². The topological polar surface area (TPSA) is 55.8 Å². The van der Waals surface area contributed by atoms with Gasteiger partial charge in [0.25, 0.3) is 0 Å². The standard InChI is InChI=1S/C6H11BO4/c1-6(2)3-10-7(5(8)9)11-4-6/h3-4H2,1-2H3,(H,8,9). The fourth-order valence-electron chi connectivity index (χ4n) is 0.835. The zero-order chi connectivity index (χ0) is 8.48. The van der Waals surface area contributed by atoms with Crippen molar-refractivity contribution in [3.63, 3.8) is 0 Å². The van der Waals surface area contributed by atoms with E-state index in [0.29, 0.717) is 13.2 Å². The van der Waals surface area contributed by atoms with Crippen molar-refractivity contribution >= 4 is 13.0 Å². The average molecular weight is 158 g/mol. The molecule has 0 aromatic rings. The van der Waals surface area contributed by atoms with Gasteiger partial charge < -0.3 is 14.4 Å². The van der Waals surface area contributed by atoms with Crippen LogP contribution in [0.5, 0.6) is 0 Å². The largest absolute Gasteiger partial charge is 0.584 e. The molecule has 0 radical (unpaired) electrons. The van der Waals surface area contributed by atoms with Crippen LogP contribution in [0.1, 0.15) is 13.8 Å². The first-order valence-electron chi connectivity index (χ1n) is 3.47. The summed E-state index contributed by atoms with van der Waals surface area (Å²) in [6.45, 7) is 4.80. The second-order valence-corrected chi connectivity index (χ2v) is 3.46. The fourth-order valence-corrected chi connectivity index (χ4v) is 0.835. The fraction of sp³-hybridized carbons (Fsp3) is 0.833. The van der Waals surface area contributed by atoms with Crippen molar-refractivity contribution in [2.75, 3.05) is 13.2 Å². The number of hydrogen-bond acceptors (Lipinski definition) is 3. The van der Waals surface area contributed by atoms with Gasteiger partial charge >= 0.3 is 13.0 Å². The predicted molar refractivity (Wildman–Crippen MR) is 39.5 cm³/mol. The van der Waals surface area contributed by atoms with Gasteiger partial charge in [0.15, 0.2) is 0 Å². The van der Waals surface area contributed by atoms with Crippen LogP contribution in [0.4, 0.5) is 4.79 Å². The molecule has 0 aromatic carbocycles. The van der Waals surface area contributed by atoms with Crippen molar-refractivity contribution in [2.45, 2.75) is 13.8 Å². The summed E-state index contributed by atoms with van der Waals surface area (Å²) in [4.78, 5) is 10.3. The SMILES string of the molecule is CC1(C)COB(C(=O)O)OC1. The summed E-state index contributed by atoms with van der Waals surface area (Å²) in [5.74, 6) is -1.06. The summed E-state index contributed by atoms with van der Waals surface area (Å²) in [6, 6.07) is 0. The maximum atomic E-state index is 10.3. The highest BCUT2D eigenvalue weighted by molar-refractivity contribution is 6.78. The summed E-state index contributed by atoms with van der Waals surface area (Å²) in [5.41, 5.74) is -0.0635. The van der Waals surface area contributed by atoms with Gasteiger partial charge in [-0.25, -0.2) is 0 Å². The monoisotopic (exact) mass is 158 g/mol. The number of hydrogen-bond donors (Lipinski definition) is 1.